The van der Waals surface area contributed by atoms with E-state index in [1.807, 2.05) is 0 Å². The van der Waals surface area contributed by atoms with Gasteiger partial charge in [-0.2, -0.15) is 0 Å². The third kappa shape index (κ3) is 3.96. The molecule has 0 radical (unpaired) electrons. The number of benzene rings is 1. The lowest BCUT2D eigenvalue weighted by molar-refractivity contribution is -0.0150. The Morgan fingerprint density at radius 2 is 2.24 bits per heavy atom. The molecule has 0 amide bonds. The molecule has 1 aromatic carbocycles. The summed E-state index contributed by atoms with van der Waals surface area (Å²) in [6.07, 6.45) is 4.28. The van der Waals surface area contributed by atoms with Crippen LogP contribution in [0.4, 0.5) is 5.69 Å². The van der Waals surface area contributed by atoms with Crippen LogP contribution in [0.3, 0.4) is 0 Å². The van der Waals surface area contributed by atoms with Gasteiger partial charge in [0.15, 0.2) is 0 Å². The first-order chi connectivity index (χ1) is 10.3. The summed E-state index contributed by atoms with van der Waals surface area (Å²) in [4.78, 5) is 2.28. The van der Waals surface area contributed by atoms with E-state index in [1.54, 1.807) is 0 Å². The van der Waals surface area contributed by atoms with E-state index >= 15 is 0 Å². The van der Waals surface area contributed by atoms with Crippen molar-refractivity contribution in [2.45, 2.75) is 37.9 Å². The Bertz CT molecular complexity index is 445. The topological polar surface area (TPSA) is 41.9 Å². The van der Waals surface area contributed by atoms with Crippen LogP contribution in [-0.4, -0.2) is 50.2 Å². The molecule has 21 heavy (non-hydrogen) atoms. The minimum atomic E-state index is -0.447. The summed E-state index contributed by atoms with van der Waals surface area (Å²) in [6, 6.07) is 8.48. The highest BCUT2D eigenvalue weighted by Crippen LogP contribution is 2.26. The van der Waals surface area contributed by atoms with Crippen LogP contribution in [0.5, 0.6) is 0 Å². The number of fused-ring (bicyclic) bond motifs is 1. The molecule has 1 fully saturated rings. The van der Waals surface area contributed by atoms with Crippen molar-refractivity contribution in [3.8, 4) is 0 Å². The fourth-order valence-electron chi connectivity index (χ4n) is 3.22. The zero-order chi connectivity index (χ0) is 14.5. The van der Waals surface area contributed by atoms with Crippen LogP contribution < -0.4 is 4.90 Å². The molecule has 2 unspecified atom stereocenters. The quantitative estimate of drug-likeness (QED) is 0.870. The average Bonchev–Trinajstić information content (AvgIpc) is 3.01. The molecular weight excluding hydrogens is 266 g/mol. The van der Waals surface area contributed by atoms with Crippen molar-refractivity contribution in [3.05, 3.63) is 29.8 Å². The van der Waals surface area contributed by atoms with Gasteiger partial charge in [-0.25, -0.2) is 0 Å². The Hall–Kier alpha value is -1.10. The van der Waals surface area contributed by atoms with E-state index in [2.05, 4.69) is 29.2 Å². The van der Waals surface area contributed by atoms with Crippen LogP contribution in [-0.2, 0) is 15.9 Å². The van der Waals surface area contributed by atoms with Crippen molar-refractivity contribution in [1.82, 2.24) is 0 Å². The molecule has 1 N–H and O–H groups in total. The van der Waals surface area contributed by atoms with Gasteiger partial charge in [0.05, 0.1) is 25.4 Å². The molecule has 2 heterocycles. The Balaban J connectivity index is 1.45. The van der Waals surface area contributed by atoms with Gasteiger partial charge >= 0.3 is 0 Å². The first-order valence-corrected chi connectivity index (χ1v) is 8.03. The predicted molar refractivity (Wildman–Crippen MR) is 82.8 cm³/mol. The lowest BCUT2D eigenvalue weighted by Crippen LogP contribution is -2.38. The minimum Gasteiger partial charge on any atom is -0.389 e. The molecule has 2 atom stereocenters. The fraction of sp³-hybridized carbons (Fsp3) is 0.647. The van der Waals surface area contributed by atoms with Gasteiger partial charge in [0.1, 0.15) is 0 Å². The lowest BCUT2D eigenvalue weighted by Gasteiger charge is -2.32. The van der Waals surface area contributed by atoms with Crippen molar-refractivity contribution in [1.29, 1.82) is 0 Å². The second kappa shape index (κ2) is 7.25. The maximum Gasteiger partial charge on any atom is 0.0948 e. The number of hydrogen-bond acceptors (Lipinski definition) is 4. The highest BCUT2D eigenvalue weighted by Gasteiger charge is 2.20. The Kier molecular flexibility index (Phi) is 5.12. The Morgan fingerprint density at radius 3 is 3.10 bits per heavy atom. The zero-order valence-corrected chi connectivity index (χ0v) is 12.5. The van der Waals surface area contributed by atoms with E-state index in [-0.39, 0.29) is 6.10 Å². The van der Waals surface area contributed by atoms with Gasteiger partial charge in [-0.1, -0.05) is 18.2 Å². The zero-order valence-electron chi connectivity index (χ0n) is 12.5. The van der Waals surface area contributed by atoms with E-state index < -0.39 is 6.10 Å². The molecule has 4 nitrogen and oxygen atoms in total. The molecule has 0 spiro atoms. The van der Waals surface area contributed by atoms with Crippen molar-refractivity contribution >= 4 is 5.69 Å². The number of aliphatic hydroxyl groups is 1. The largest absolute Gasteiger partial charge is 0.389 e. The first kappa shape index (κ1) is 14.8. The van der Waals surface area contributed by atoms with Gasteiger partial charge < -0.3 is 19.5 Å². The van der Waals surface area contributed by atoms with Crippen LogP contribution in [0.2, 0.25) is 0 Å². The summed E-state index contributed by atoms with van der Waals surface area (Å²) in [5.74, 6) is 0. The van der Waals surface area contributed by atoms with Crippen molar-refractivity contribution < 1.29 is 14.6 Å². The number of anilines is 1. The highest BCUT2D eigenvalue weighted by molar-refractivity contribution is 5.55. The van der Waals surface area contributed by atoms with Crippen molar-refractivity contribution in [3.63, 3.8) is 0 Å². The summed E-state index contributed by atoms with van der Waals surface area (Å²) in [7, 11) is 0. The number of ether oxygens (including phenoxy) is 2. The molecule has 2 aliphatic heterocycles. The first-order valence-electron chi connectivity index (χ1n) is 8.03. The third-order valence-electron chi connectivity index (χ3n) is 4.28. The molecule has 116 valence electrons. The number of β-amino-alcohol motifs (C(OH)–C–C–N with tert-alkyl or cyclic N) is 1. The molecule has 1 aromatic rings. The number of aryl methyl sites for hydroxylation is 1. The van der Waals surface area contributed by atoms with E-state index in [9.17, 15) is 5.11 Å². The van der Waals surface area contributed by atoms with Gasteiger partial charge in [0, 0.05) is 25.4 Å². The highest BCUT2D eigenvalue weighted by atomic mass is 16.5. The number of rotatable bonds is 6. The number of hydrogen-bond donors (Lipinski definition) is 1. The van der Waals surface area contributed by atoms with Crippen LogP contribution >= 0.6 is 0 Å². The van der Waals surface area contributed by atoms with Gasteiger partial charge in [0.2, 0.25) is 0 Å². The smallest absolute Gasteiger partial charge is 0.0948 e. The second-order valence-electron chi connectivity index (χ2n) is 6.00. The van der Waals surface area contributed by atoms with E-state index in [4.69, 9.17) is 9.47 Å². The van der Waals surface area contributed by atoms with Crippen LogP contribution in [0.15, 0.2) is 24.3 Å². The molecule has 1 saturated heterocycles. The Morgan fingerprint density at radius 1 is 1.33 bits per heavy atom. The normalized spacial score (nSPS) is 23.1. The molecule has 0 aromatic heterocycles. The minimum absolute atomic E-state index is 0.230. The van der Waals surface area contributed by atoms with Gasteiger partial charge in [-0.3, -0.25) is 0 Å². The molecule has 0 aliphatic carbocycles. The summed E-state index contributed by atoms with van der Waals surface area (Å²) in [5.41, 5.74) is 2.65. The number of aliphatic hydroxyl groups excluding tert-OH is 1. The van der Waals surface area contributed by atoms with E-state index in [0.29, 0.717) is 19.8 Å². The van der Waals surface area contributed by atoms with Crippen molar-refractivity contribution in [2.24, 2.45) is 0 Å². The van der Waals surface area contributed by atoms with Crippen molar-refractivity contribution in [2.75, 3.05) is 37.8 Å². The standard InChI is InChI=1S/C17H25NO3/c19-15(12-20-13-16-7-4-10-21-16)11-18-9-3-6-14-5-1-2-8-17(14)18/h1-2,5,8,15-16,19H,3-4,6-7,9-13H2. The van der Waals surface area contributed by atoms with Gasteiger partial charge in [-0.15, -0.1) is 0 Å². The number of para-hydroxylation sites is 1. The maximum atomic E-state index is 10.2. The number of nitrogens with zero attached hydrogens (tertiary/aromatic N) is 1. The molecule has 4 heteroatoms. The summed E-state index contributed by atoms with van der Waals surface area (Å²) >= 11 is 0. The molecule has 3 rings (SSSR count). The van der Waals surface area contributed by atoms with Gasteiger partial charge in [-0.05, 0) is 37.3 Å². The third-order valence-corrected chi connectivity index (χ3v) is 4.28. The molecular formula is C17H25NO3. The summed E-state index contributed by atoms with van der Waals surface area (Å²) in [5, 5.41) is 10.2. The SMILES string of the molecule is OC(COCC1CCCO1)CN1CCCc2ccccc21. The second-order valence-corrected chi connectivity index (χ2v) is 6.00. The molecule has 2 aliphatic rings. The fourth-order valence-corrected chi connectivity index (χ4v) is 3.22. The summed E-state index contributed by atoms with van der Waals surface area (Å²) in [6.45, 7) is 3.50. The average molecular weight is 291 g/mol. The van der Waals surface area contributed by atoms with Gasteiger partial charge in [0.25, 0.3) is 0 Å². The van der Waals surface area contributed by atoms with Crippen LogP contribution in [0.1, 0.15) is 24.8 Å². The predicted octanol–water partition coefficient (Wildman–Crippen LogP) is 2.00. The van der Waals surface area contributed by atoms with Crippen LogP contribution in [0.25, 0.3) is 0 Å². The summed E-state index contributed by atoms with van der Waals surface area (Å²) < 4.78 is 11.1. The monoisotopic (exact) mass is 291 g/mol. The van der Waals surface area contributed by atoms with E-state index in [1.165, 1.54) is 11.3 Å². The Labute approximate surface area is 126 Å². The molecule has 0 saturated carbocycles. The van der Waals surface area contributed by atoms with Crippen LogP contribution in [0, 0.1) is 0 Å². The molecule has 0 bridgehead atoms. The van der Waals surface area contributed by atoms with E-state index in [0.717, 1.165) is 38.8 Å². The lowest BCUT2D eigenvalue weighted by atomic mass is 10.0. The maximum absolute atomic E-state index is 10.2.